The molecule has 2 rings (SSSR count). The summed E-state index contributed by atoms with van der Waals surface area (Å²) in [5, 5.41) is 11.7. The molecule has 2 aromatic carbocycles. The lowest BCUT2D eigenvalue weighted by Gasteiger charge is -2.08. The van der Waals surface area contributed by atoms with Gasteiger partial charge in [0.15, 0.2) is 0 Å². The van der Waals surface area contributed by atoms with E-state index in [9.17, 15) is 4.79 Å². The molecule has 0 aliphatic carbocycles. The van der Waals surface area contributed by atoms with Crippen molar-refractivity contribution in [2.75, 3.05) is 11.9 Å². The quantitative estimate of drug-likeness (QED) is 0.896. The molecule has 0 fully saturated rings. The maximum atomic E-state index is 12.1. The van der Waals surface area contributed by atoms with Crippen LogP contribution in [-0.4, -0.2) is 17.6 Å². The van der Waals surface area contributed by atoms with E-state index in [1.54, 1.807) is 0 Å². The normalized spacial score (nSPS) is 10.3. The Bertz CT molecular complexity index is 603. The van der Waals surface area contributed by atoms with Crippen molar-refractivity contribution in [2.24, 2.45) is 0 Å². The molecule has 0 unspecified atom stereocenters. The fourth-order valence-corrected chi connectivity index (χ4v) is 1.97. The lowest BCUT2D eigenvalue weighted by atomic mass is 10.1. The number of aliphatic hydroxyl groups excluding tert-OH is 1. The number of hydrogen-bond donors (Lipinski definition) is 2. The molecule has 0 heterocycles. The number of anilines is 1. The smallest absolute Gasteiger partial charge is 0.255 e. The predicted octanol–water partition coefficient (Wildman–Crippen LogP) is 3.09. The number of hydrogen-bond acceptors (Lipinski definition) is 2. The van der Waals surface area contributed by atoms with Crippen LogP contribution in [0.25, 0.3) is 0 Å². The minimum atomic E-state index is -0.108. The van der Waals surface area contributed by atoms with Gasteiger partial charge in [-0.3, -0.25) is 4.79 Å². The van der Waals surface area contributed by atoms with Crippen LogP contribution in [0.5, 0.6) is 0 Å². The standard InChI is InChI=1S/C17H19NO2/c1-12-3-6-15(11-13(12)2)17(20)18-16-7-4-14(5-8-16)9-10-19/h3-8,11,19H,9-10H2,1-2H3,(H,18,20). The Hall–Kier alpha value is -2.13. The van der Waals surface area contributed by atoms with E-state index < -0.39 is 0 Å². The van der Waals surface area contributed by atoms with E-state index in [1.807, 2.05) is 56.3 Å². The van der Waals surface area contributed by atoms with Crippen molar-refractivity contribution in [1.29, 1.82) is 0 Å². The van der Waals surface area contributed by atoms with E-state index in [0.29, 0.717) is 12.0 Å². The number of aryl methyl sites for hydroxylation is 2. The van der Waals surface area contributed by atoms with Crippen molar-refractivity contribution < 1.29 is 9.90 Å². The molecule has 0 bridgehead atoms. The molecule has 20 heavy (non-hydrogen) atoms. The summed E-state index contributed by atoms with van der Waals surface area (Å²) in [5.41, 5.74) is 4.75. The van der Waals surface area contributed by atoms with Crippen molar-refractivity contribution in [3.63, 3.8) is 0 Å². The fraction of sp³-hybridized carbons (Fsp3) is 0.235. The van der Waals surface area contributed by atoms with Crippen LogP contribution in [0.15, 0.2) is 42.5 Å². The zero-order valence-electron chi connectivity index (χ0n) is 11.8. The van der Waals surface area contributed by atoms with Crippen LogP contribution >= 0.6 is 0 Å². The van der Waals surface area contributed by atoms with Gasteiger partial charge in [0, 0.05) is 17.9 Å². The Morgan fingerprint density at radius 3 is 2.35 bits per heavy atom. The number of rotatable bonds is 4. The third-order valence-electron chi connectivity index (χ3n) is 3.38. The first-order valence-corrected chi connectivity index (χ1v) is 6.68. The number of amides is 1. The summed E-state index contributed by atoms with van der Waals surface area (Å²) in [7, 11) is 0. The van der Waals surface area contributed by atoms with Crippen LogP contribution in [0.2, 0.25) is 0 Å². The van der Waals surface area contributed by atoms with Gasteiger partial charge in [-0.05, 0) is 61.2 Å². The molecule has 1 amide bonds. The van der Waals surface area contributed by atoms with Crippen molar-refractivity contribution >= 4 is 11.6 Å². The van der Waals surface area contributed by atoms with Gasteiger partial charge in [-0.1, -0.05) is 18.2 Å². The van der Waals surface area contributed by atoms with Gasteiger partial charge in [0.2, 0.25) is 0 Å². The first kappa shape index (κ1) is 14.3. The van der Waals surface area contributed by atoms with E-state index in [1.165, 1.54) is 5.56 Å². The fourth-order valence-electron chi connectivity index (χ4n) is 1.97. The van der Waals surface area contributed by atoms with Crippen LogP contribution in [0.1, 0.15) is 27.0 Å². The van der Waals surface area contributed by atoms with E-state index in [2.05, 4.69) is 5.32 Å². The second-order valence-electron chi connectivity index (χ2n) is 4.92. The van der Waals surface area contributed by atoms with Crippen LogP contribution < -0.4 is 5.32 Å². The molecule has 0 atom stereocenters. The maximum absolute atomic E-state index is 12.1. The summed E-state index contributed by atoms with van der Waals surface area (Å²) >= 11 is 0. The predicted molar refractivity (Wildman–Crippen MR) is 81.1 cm³/mol. The van der Waals surface area contributed by atoms with Crippen molar-refractivity contribution in [3.8, 4) is 0 Å². The number of benzene rings is 2. The first-order valence-electron chi connectivity index (χ1n) is 6.68. The molecule has 0 saturated heterocycles. The lowest BCUT2D eigenvalue weighted by molar-refractivity contribution is 0.102. The van der Waals surface area contributed by atoms with Crippen LogP contribution in [-0.2, 0) is 6.42 Å². The summed E-state index contributed by atoms with van der Waals surface area (Å²) in [6, 6.07) is 13.2. The topological polar surface area (TPSA) is 49.3 Å². The molecule has 2 aromatic rings. The van der Waals surface area contributed by atoms with E-state index in [0.717, 1.165) is 16.8 Å². The largest absolute Gasteiger partial charge is 0.396 e. The zero-order chi connectivity index (χ0) is 14.5. The minimum Gasteiger partial charge on any atom is -0.396 e. The molecular formula is C17H19NO2. The summed E-state index contributed by atoms with van der Waals surface area (Å²) in [6.07, 6.45) is 0.630. The molecule has 0 aromatic heterocycles. The molecule has 2 N–H and O–H groups in total. The van der Waals surface area contributed by atoms with Gasteiger partial charge in [0.25, 0.3) is 5.91 Å². The third kappa shape index (κ3) is 3.45. The highest BCUT2D eigenvalue weighted by Crippen LogP contribution is 2.14. The molecule has 3 heteroatoms. The summed E-state index contributed by atoms with van der Waals surface area (Å²) < 4.78 is 0. The molecular weight excluding hydrogens is 250 g/mol. The molecule has 0 saturated carbocycles. The minimum absolute atomic E-state index is 0.108. The Balaban J connectivity index is 2.08. The van der Waals surface area contributed by atoms with E-state index in [-0.39, 0.29) is 12.5 Å². The molecule has 0 aliphatic rings. The van der Waals surface area contributed by atoms with Crippen LogP contribution in [0.3, 0.4) is 0 Å². The highest BCUT2D eigenvalue weighted by atomic mass is 16.2. The van der Waals surface area contributed by atoms with Crippen LogP contribution in [0.4, 0.5) is 5.69 Å². The highest BCUT2D eigenvalue weighted by molar-refractivity contribution is 6.04. The molecule has 0 radical (unpaired) electrons. The Morgan fingerprint density at radius 1 is 1.05 bits per heavy atom. The summed E-state index contributed by atoms with van der Waals surface area (Å²) in [6.45, 7) is 4.15. The Labute approximate surface area is 119 Å². The van der Waals surface area contributed by atoms with Crippen LogP contribution in [0, 0.1) is 13.8 Å². The second kappa shape index (κ2) is 6.35. The highest BCUT2D eigenvalue weighted by Gasteiger charge is 2.07. The Morgan fingerprint density at radius 2 is 1.75 bits per heavy atom. The molecule has 104 valence electrons. The summed E-state index contributed by atoms with van der Waals surface area (Å²) in [4.78, 5) is 12.1. The van der Waals surface area contributed by atoms with Gasteiger partial charge >= 0.3 is 0 Å². The van der Waals surface area contributed by atoms with Crippen molar-refractivity contribution in [3.05, 3.63) is 64.7 Å². The van der Waals surface area contributed by atoms with Gasteiger partial charge in [0.05, 0.1) is 0 Å². The van der Waals surface area contributed by atoms with E-state index >= 15 is 0 Å². The molecule has 0 aliphatic heterocycles. The van der Waals surface area contributed by atoms with Gasteiger partial charge in [-0.25, -0.2) is 0 Å². The van der Waals surface area contributed by atoms with E-state index in [4.69, 9.17) is 5.11 Å². The number of aliphatic hydroxyl groups is 1. The number of carbonyl (C=O) groups excluding carboxylic acids is 1. The first-order chi connectivity index (χ1) is 9.60. The third-order valence-corrected chi connectivity index (χ3v) is 3.38. The zero-order valence-corrected chi connectivity index (χ0v) is 11.8. The van der Waals surface area contributed by atoms with Gasteiger partial charge < -0.3 is 10.4 Å². The van der Waals surface area contributed by atoms with Gasteiger partial charge in [-0.2, -0.15) is 0 Å². The van der Waals surface area contributed by atoms with Crippen molar-refractivity contribution in [2.45, 2.75) is 20.3 Å². The number of nitrogens with one attached hydrogen (secondary N) is 1. The van der Waals surface area contributed by atoms with Gasteiger partial charge in [-0.15, -0.1) is 0 Å². The average molecular weight is 269 g/mol. The maximum Gasteiger partial charge on any atom is 0.255 e. The Kier molecular flexibility index (Phi) is 4.53. The number of carbonyl (C=O) groups is 1. The molecule has 3 nitrogen and oxygen atoms in total. The summed E-state index contributed by atoms with van der Waals surface area (Å²) in [5.74, 6) is -0.108. The second-order valence-corrected chi connectivity index (χ2v) is 4.92. The average Bonchev–Trinajstić information content (AvgIpc) is 2.44. The lowest BCUT2D eigenvalue weighted by Crippen LogP contribution is -2.12. The van der Waals surface area contributed by atoms with Gasteiger partial charge in [0.1, 0.15) is 0 Å². The molecule has 0 spiro atoms. The SMILES string of the molecule is Cc1ccc(C(=O)Nc2ccc(CCO)cc2)cc1C. The van der Waals surface area contributed by atoms with Crippen molar-refractivity contribution in [1.82, 2.24) is 0 Å². The monoisotopic (exact) mass is 269 g/mol.